The van der Waals surface area contributed by atoms with Crippen molar-refractivity contribution in [1.29, 1.82) is 0 Å². The van der Waals surface area contributed by atoms with Crippen LogP contribution in [0.25, 0.3) is 0 Å². The molecule has 1 fully saturated rings. The van der Waals surface area contributed by atoms with Crippen LogP contribution in [0.5, 0.6) is 17.2 Å². The summed E-state index contributed by atoms with van der Waals surface area (Å²) in [6, 6.07) is 8.56. The van der Waals surface area contributed by atoms with E-state index in [1.54, 1.807) is 0 Å². The highest BCUT2D eigenvalue weighted by atomic mass is 32.2. The van der Waals surface area contributed by atoms with Crippen molar-refractivity contribution in [2.75, 3.05) is 59.6 Å². The molecule has 11 nitrogen and oxygen atoms in total. The van der Waals surface area contributed by atoms with E-state index in [2.05, 4.69) is 5.32 Å². The molecular weight excluding hydrogens is 468 g/mol. The molecule has 1 saturated heterocycles. The minimum absolute atomic E-state index is 0.111. The van der Waals surface area contributed by atoms with Crippen LogP contribution in [-0.2, 0) is 24.3 Å². The number of anilines is 1. The maximum absolute atomic E-state index is 12.7. The Hall–Kier alpha value is -3.35. The van der Waals surface area contributed by atoms with Crippen LogP contribution in [0.15, 0.2) is 41.3 Å². The highest BCUT2D eigenvalue weighted by Crippen LogP contribution is 2.38. The average Bonchev–Trinajstić information content (AvgIpc) is 2.87. The molecule has 3 rings (SSSR count). The summed E-state index contributed by atoms with van der Waals surface area (Å²) in [6.07, 6.45) is 0. The normalized spacial score (nSPS) is 14.2. The smallest absolute Gasteiger partial charge is 0.338 e. The third-order valence-electron chi connectivity index (χ3n) is 4.98. The SMILES string of the molecule is COc1cc(C(=O)OCC(=O)Nc2ccc(S(=O)(=O)N3CCOCC3)cc2)cc(OC)c1OC. The molecule has 0 radical (unpaired) electrons. The van der Waals surface area contributed by atoms with E-state index in [1.165, 1.54) is 62.0 Å². The van der Waals surface area contributed by atoms with Crippen molar-refractivity contribution in [2.24, 2.45) is 0 Å². The van der Waals surface area contributed by atoms with Crippen molar-refractivity contribution in [3.8, 4) is 17.2 Å². The molecule has 34 heavy (non-hydrogen) atoms. The molecule has 0 bridgehead atoms. The van der Waals surface area contributed by atoms with Crippen molar-refractivity contribution < 1.29 is 41.7 Å². The molecule has 1 aliphatic heterocycles. The Balaban J connectivity index is 1.59. The van der Waals surface area contributed by atoms with E-state index in [4.69, 9.17) is 23.7 Å². The molecule has 184 valence electrons. The van der Waals surface area contributed by atoms with Crippen molar-refractivity contribution in [2.45, 2.75) is 4.90 Å². The van der Waals surface area contributed by atoms with E-state index in [9.17, 15) is 18.0 Å². The minimum Gasteiger partial charge on any atom is -0.493 e. The van der Waals surface area contributed by atoms with E-state index < -0.39 is 28.5 Å². The van der Waals surface area contributed by atoms with E-state index in [0.29, 0.717) is 24.7 Å². The molecule has 1 N–H and O–H groups in total. The zero-order valence-corrected chi connectivity index (χ0v) is 19.8. The molecule has 2 aromatic rings. The Bertz CT molecular complexity index is 1100. The molecule has 0 aromatic heterocycles. The fourth-order valence-corrected chi connectivity index (χ4v) is 4.66. The quantitative estimate of drug-likeness (QED) is 0.516. The topological polar surface area (TPSA) is 130 Å². The van der Waals surface area contributed by atoms with Gasteiger partial charge in [-0.25, -0.2) is 13.2 Å². The third kappa shape index (κ3) is 5.76. The monoisotopic (exact) mass is 494 g/mol. The second kappa shape index (κ2) is 11.2. The first-order valence-corrected chi connectivity index (χ1v) is 11.7. The molecule has 0 spiro atoms. The average molecular weight is 495 g/mol. The number of hydrogen-bond donors (Lipinski definition) is 1. The number of methoxy groups -OCH3 is 3. The number of carbonyl (C=O) groups excluding carboxylic acids is 2. The van der Waals surface area contributed by atoms with E-state index >= 15 is 0 Å². The van der Waals surface area contributed by atoms with Gasteiger partial charge in [-0.05, 0) is 36.4 Å². The predicted octanol–water partition coefficient (Wildman–Crippen LogP) is 1.53. The Morgan fingerprint density at radius 1 is 0.971 bits per heavy atom. The number of morpholine rings is 1. The lowest BCUT2D eigenvalue weighted by molar-refractivity contribution is -0.119. The zero-order chi connectivity index (χ0) is 24.7. The molecule has 1 amide bonds. The van der Waals surface area contributed by atoms with E-state index in [1.807, 2.05) is 0 Å². The number of amides is 1. The van der Waals surface area contributed by atoms with Gasteiger partial charge in [0.25, 0.3) is 5.91 Å². The molecule has 1 aliphatic rings. The van der Waals surface area contributed by atoms with Gasteiger partial charge in [0.15, 0.2) is 18.1 Å². The lowest BCUT2D eigenvalue weighted by Crippen LogP contribution is -2.40. The minimum atomic E-state index is -3.63. The van der Waals surface area contributed by atoms with E-state index in [0.717, 1.165) is 0 Å². The number of sulfonamides is 1. The Morgan fingerprint density at radius 2 is 1.56 bits per heavy atom. The molecule has 1 heterocycles. The van der Waals surface area contributed by atoms with Crippen LogP contribution in [-0.4, -0.2) is 78.8 Å². The van der Waals surface area contributed by atoms with Gasteiger partial charge in [0.1, 0.15) is 0 Å². The number of carbonyl (C=O) groups is 2. The molecule has 12 heteroatoms. The summed E-state index contributed by atoms with van der Waals surface area (Å²) in [4.78, 5) is 24.7. The van der Waals surface area contributed by atoms with Crippen LogP contribution in [0.2, 0.25) is 0 Å². The van der Waals surface area contributed by atoms with Gasteiger partial charge in [0, 0.05) is 18.8 Å². The standard InChI is InChI=1S/C22H26N2O9S/c1-29-18-12-15(13-19(30-2)21(18)31-3)22(26)33-14-20(25)23-16-4-6-17(7-5-16)34(27,28)24-8-10-32-11-9-24/h4-7,12-13H,8-11,14H2,1-3H3,(H,23,25). The summed E-state index contributed by atoms with van der Waals surface area (Å²) < 4.78 is 52.6. The van der Waals surface area contributed by atoms with Crippen molar-refractivity contribution in [3.05, 3.63) is 42.0 Å². The highest BCUT2D eigenvalue weighted by Gasteiger charge is 2.26. The van der Waals surface area contributed by atoms with Crippen LogP contribution in [0.3, 0.4) is 0 Å². The first-order valence-electron chi connectivity index (χ1n) is 10.2. The lowest BCUT2D eigenvalue weighted by atomic mass is 10.2. The number of hydrogen-bond acceptors (Lipinski definition) is 9. The first kappa shape index (κ1) is 25.3. The third-order valence-corrected chi connectivity index (χ3v) is 6.89. The maximum Gasteiger partial charge on any atom is 0.338 e. The molecule has 0 unspecified atom stereocenters. The largest absolute Gasteiger partial charge is 0.493 e. The molecular formula is C22H26N2O9S. The number of rotatable bonds is 9. The summed E-state index contributed by atoms with van der Waals surface area (Å²) in [5.74, 6) is -0.500. The Labute approximate surface area is 197 Å². The van der Waals surface area contributed by atoms with Gasteiger partial charge in [0.05, 0.1) is 45.0 Å². The van der Waals surface area contributed by atoms with Gasteiger partial charge >= 0.3 is 5.97 Å². The van der Waals surface area contributed by atoms with Crippen molar-refractivity contribution >= 4 is 27.6 Å². The number of ether oxygens (including phenoxy) is 5. The number of benzene rings is 2. The van der Waals surface area contributed by atoms with Crippen LogP contribution >= 0.6 is 0 Å². The number of nitrogens with zero attached hydrogens (tertiary/aromatic N) is 1. The van der Waals surface area contributed by atoms with Gasteiger partial charge in [-0.2, -0.15) is 4.31 Å². The fraction of sp³-hybridized carbons (Fsp3) is 0.364. The Kier molecular flexibility index (Phi) is 8.31. The van der Waals surface area contributed by atoms with Crippen LogP contribution < -0.4 is 19.5 Å². The highest BCUT2D eigenvalue weighted by molar-refractivity contribution is 7.89. The molecule has 0 atom stereocenters. The number of nitrogens with one attached hydrogen (secondary N) is 1. The predicted molar refractivity (Wildman–Crippen MR) is 121 cm³/mol. The maximum atomic E-state index is 12.7. The molecule has 0 saturated carbocycles. The zero-order valence-electron chi connectivity index (χ0n) is 19.0. The van der Waals surface area contributed by atoms with Crippen molar-refractivity contribution in [1.82, 2.24) is 4.31 Å². The van der Waals surface area contributed by atoms with Gasteiger partial charge in [-0.1, -0.05) is 0 Å². The van der Waals surface area contributed by atoms with Gasteiger partial charge in [0.2, 0.25) is 15.8 Å². The second-order valence-electron chi connectivity index (χ2n) is 7.08. The summed E-state index contributed by atoms with van der Waals surface area (Å²) in [7, 11) is 0.632. The molecule has 2 aromatic carbocycles. The summed E-state index contributed by atoms with van der Waals surface area (Å²) in [6.45, 7) is 0.726. The van der Waals surface area contributed by atoms with Crippen molar-refractivity contribution in [3.63, 3.8) is 0 Å². The molecule has 0 aliphatic carbocycles. The van der Waals surface area contributed by atoms with Crippen LogP contribution in [0.4, 0.5) is 5.69 Å². The Morgan fingerprint density at radius 3 is 2.09 bits per heavy atom. The van der Waals surface area contributed by atoms with Gasteiger partial charge in [-0.3, -0.25) is 4.79 Å². The summed E-state index contributed by atoms with van der Waals surface area (Å²) >= 11 is 0. The van der Waals surface area contributed by atoms with E-state index in [-0.39, 0.29) is 35.0 Å². The van der Waals surface area contributed by atoms with Crippen LogP contribution in [0, 0.1) is 0 Å². The fourth-order valence-electron chi connectivity index (χ4n) is 3.26. The lowest BCUT2D eigenvalue weighted by Gasteiger charge is -2.26. The summed E-state index contributed by atoms with van der Waals surface area (Å²) in [5.41, 5.74) is 0.467. The first-order chi connectivity index (χ1) is 16.3. The summed E-state index contributed by atoms with van der Waals surface area (Å²) in [5, 5.41) is 2.56. The van der Waals surface area contributed by atoms with Crippen LogP contribution in [0.1, 0.15) is 10.4 Å². The number of esters is 1. The van der Waals surface area contributed by atoms with Gasteiger partial charge in [-0.15, -0.1) is 0 Å². The van der Waals surface area contributed by atoms with Gasteiger partial charge < -0.3 is 29.0 Å². The second-order valence-corrected chi connectivity index (χ2v) is 9.02.